The number of carbonyl (C=O) groups is 2. The number of rotatable bonds is 5. The minimum Gasteiger partial charge on any atom is -0.496 e. The van der Waals surface area contributed by atoms with Crippen LogP contribution in [0.4, 0.5) is 9.93 Å². The Morgan fingerprint density at radius 3 is 2.76 bits per heavy atom. The number of nitrogens with one attached hydrogen (secondary N) is 3. The van der Waals surface area contributed by atoms with Crippen LogP contribution in [0.3, 0.4) is 0 Å². The fourth-order valence-corrected chi connectivity index (χ4v) is 3.81. The predicted molar refractivity (Wildman–Crippen MR) is 110 cm³/mol. The van der Waals surface area contributed by atoms with E-state index in [1.165, 1.54) is 11.3 Å². The van der Waals surface area contributed by atoms with Gasteiger partial charge in [0.15, 0.2) is 5.13 Å². The van der Waals surface area contributed by atoms with Crippen molar-refractivity contribution in [2.45, 2.75) is 19.9 Å². The lowest BCUT2D eigenvalue weighted by Gasteiger charge is -2.25. The predicted octanol–water partition coefficient (Wildman–Crippen LogP) is 2.00. The molecule has 1 aromatic carbocycles. The number of ether oxygens (including phenoxy) is 2. The Bertz CT molecular complexity index is 866. The number of hydrogen-bond donors (Lipinski definition) is 3. The van der Waals surface area contributed by atoms with Crippen molar-refractivity contribution in [1.29, 1.82) is 0 Å². The van der Waals surface area contributed by atoms with Crippen molar-refractivity contribution in [1.82, 2.24) is 21.2 Å². The van der Waals surface area contributed by atoms with Crippen molar-refractivity contribution in [3.05, 3.63) is 40.4 Å². The van der Waals surface area contributed by atoms with Crippen LogP contribution < -0.4 is 25.8 Å². The van der Waals surface area contributed by atoms with Crippen molar-refractivity contribution in [3.63, 3.8) is 0 Å². The summed E-state index contributed by atoms with van der Waals surface area (Å²) in [7, 11) is 1.58. The lowest BCUT2D eigenvalue weighted by atomic mass is 10.0. The van der Waals surface area contributed by atoms with E-state index < -0.39 is 11.9 Å². The average Bonchev–Trinajstić information content (AvgIpc) is 3.23. The lowest BCUT2D eigenvalue weighted by molar-refractivity contribution is 0.0931. The number of hydrogen-bond acceptors (Lipinski definition) is 7. The smallest absolute Gasteiger partial charge is 0.333 e. The Kier molecular flexibility index (Phi) is 6.89. The topological polar surface area (TPSA) is 105 Å². The van der Waals surface area contributed by atoms with Gasteiger partial charge < -0.3 is 19.7 Å². The number of hydrazine groups is 1. The van der Waals surface area contributed by atoms with Gasteiger partial charge in [-0.3, -0.25) is 10.2 Å². The number of carbonyl (C=O) groups excluding carboxylic acids is 2. The molecule has 156 valence electrons. The molecule has 0 unspecified atom stereocenters. The third-order valence-electron chi connectivity index (χ3n) is 4.50. The summed E-state index contributed by atoms with van der Waals surface area (Å²) in [6.45, 7) is 6.59. The van der Waals surface area contributed by atoms with Crippen LogP contribution in [-0.2, 0) is 4.74 Å². The summed E-state index contributed by atoms with van der Waals surface area (Å²) in [5, 5.41) is 5.21. The molecule has 3 amide bonds. The van der Waals surface area contributed by atoms with Crippen LogP contribution in [0, 0.1) is 6.92 Å². The van der Waals surface area contributed by atoms with Gasteiger partial charge in [-0.1, -0.05) is 17.7 Å². The SMILES string of the molecule is COc1ccc(C)cc1[C@H](C)NC(=O)NNC(=O)c1csc(N2CCOCC2)n1. The van der Waals surface area contributed by atoms with Gasteiger partial charge in [0, 0.05) is 24.0 Å². The minimum absolute atomic E-state index is 0.255. The largest absolute Gasteiger partial charge is 0.496 e. The van der Waals surface area contributed by atoms with Crippen molar-refractivity contribution in [2.24, 2.45) is 0 Å². The zero-order valence-corrected chi connectivity index (χ0v) is 17.5. The minimum atomic E-state index is -0.530. The number of nitrogens with zero attached hydrogens (tertiary/aromatic N) is 2. The normalized spacial score (nSPS) is 14.8. The molecular weight excluding hydrogens is 394 g/mol. The highest BCUT2D eigenvalue weighted by Gasteiger charge is 2.19. The van der Waals surface area contributed by atoms with E-state index in [0.717, 1.165) is 29.3 Å². The summed E-state index contributed by atoms with van der Waals surface area (Å²) in [6.07, 6.45) is 0. The first kappa shape index (κ1) is 20.9. The van der Waals surface area contributed by atoms with Crippen LogP contribution in [0.1, 0.15) is 34.6 Å². The highest BCUT2D eigenvalue weighted by molar-refractivity contribution is 7.13. The van der Waals surface area contributed by atoms with Crippen molar-refractivity contribution in [3.8, 4) is 5.75 Å². The molecule has 1 aromatic heterocycles. The summed E-state index contributed by atoms with van der Waals surface area (Å²) in [6, 6.07) is 4.91. The quantitative estimate of drug-likeness (QED) is 0.641. The van der Waals surface area contributed by atoms with Gasteiger partial charge in [0.1, 0.15) is 11.4 Å². The Hall–Kier alpha value is -2.85. The Morgan fingerprint density at radius 2 is 2.03 bits per heavy atom. The zero-order valence-electron chi connectivity index (χ0n) is 16.7. The maximum Gasteiger partial charge on any atom is 0.333 e. The molecule has 3 rings (SSSR count). The van der Waals surface area contributed by atoms with E-state index in [1.54, 1.807) is 12.5 Å². The maximum atomic E-state index is 12.3. The zero-order chi connectivity index (χ0) is 20.8. The summed E-state index contributed by atoms with van der Waals surface area (Å²) in [4.78, 5) is 30.9. The van der Waals surface area contributed by atoms with Crippen molar-refractivity contribution in [2.75, 3.05) is 38.3 Å². The van der Waals surface area contributed by atoms with E-state index in [9.17, 15) is 9.59 Å². The second kappa shape index (κ2) is 9.57. The third-order valence-corrected chi connectivity index (χ3v) is 5.40. The summed E-state index contributed by atoms with van der Waals surface area (Å²) in [5.41, 5.74) is 6.91. The number of anilines is 1. The van der Waals surface area contributed by atoms with Crippen LogP contribution in [-0.4, -0.2) is 50.3 Å². The van der Waals surface area contributed by atoms with Crippen LogP contribution >= 0.6 is 11.3 Å². The van der Waals surface area contributed by atoms with Crippen LogP contribution in [0.5, 0.6) is 5.75 Å². The highest BCUT2D eigenvalue weighted by atomic mass is 32.1. The third kappa shape index (κ3) is 5.36. The second-order valence-electron chi connectivity index (χ2n) is 6.63. The lowest BCUT2D eigenvalue weighted by Crippen LogP contribution is -2.47. The summed E-state index contributed by atoms with van der Waals surface area (Å²) < 4.78 is 10.7. The van der Waals surface area contributed by atoms with E-state index in [-0.39, 0.29) is 11.7 Å². The van der Waals surface area contributed by atoms with E-state index in [4.69, 9.17) is 9.47 Å². The van der Waals surface area contributed by atoms with Crippen LogP contribution in [0.2, 0.25) is 0 Å². The first-order valence-electron chi connectivity index (χ1n) is 9.27. The molecule has 3 N–H and O–H groups in total. The molecule has 1 saturated heterocycles. The molecule has 1 aliphatic rings. The second-order valence-corrected chi connectivity index (χ2v) is 7.47. The molecule has 0 saturated carbocycles. The first-order chi connectivity index (χ1) is 14.0. The fraction of sp³-hybridized carbons (Fsp3) is 0.421. The molecule has 0 spiro atoms. The van der Waals surface area contributed by atoms with E-state index in [2.05, 4.69) is 26.1 Å². The van der Waals surface area contributed by atoms with Crippen molar-refractivity contribution < 1.29 is 19.1 Å². The Morgan fingerprint density at radius 1 is 1.28 bits per heavy atom. The molecule has 2 heterocycles. The van der Waals surface area contributed by atoms with Gasteiger partial charge in [0.25, 0.3) is 5.91 Å². The molecule has 10 heteroatoms. The van der Waals surface area contributed by atoms with Gasteiger partial charge in [0.2, 0.25) is 0 Å². The molecule has 0 aliphatic carbocycles. The van der Waals surface area contributed by atoms with E-state index in [1.807, 2.05) is 32.0 Å². The summed E-state index contributed by atoms with van der Waals surface area (Å²) >= 11 is 1.39. The summed E-state index contributed by atoms with van der Waals surface area (Å²) in [5.74, 6) is 0.210. The molecule has 1 atom stereocenters. The molecule has 29 heavy (non-hydrogen) atoms. The number of aromatic nitrogens is 1. The number of benzene rings is 1. The Balaban J connectivity index is 1.52. The average molecular weight is 420 g/mol. The monoisotopic (exact) mass is 419 g/mol. The number of urea groups is 1. The number of amides is 3. The molecular formula is C19H25N5O4S. The van der Waals surface area contributed by atoms with Gasteiger partial charge >= 0.3 is 6.03 Å². The van der Waals surface area contributed by atoms with Gasteiger partial charge in [-0.25, -0.2) is 15.2 Å². The number of methoxy groups -OCH3 is 1. The molecule has 0 radical (unpaired) electrons. The van der Waals surface area contributed by atoms with Gasteiger partial charge in [-0.15, -0.1) is 11.3 Å². The van der Waals surface area contributed by atoms with E-state index in [0.29, 0.717) is 19.0 Å². The maximum absolute atomic E-state index is 12.3. The molecule has 0 bridgehead atoms. The van der Waals surface area contributed by atoms with Crippen LogP contribution in [0.15, 0.2) is 23.6 Å². The van der Waals surface area contributed by atoms with Gasteiger partial charge in [0.05, 0.1) is 26.4 Å². The van der Waals surface area contributed by atoms with Crippen LogP contribution in [0.25, 0.3) is 0 Å². The standard InChI is InChI=1S/C19H25N5O4S/c1-12-4-5-16(27-3)14(10-12)13(2)20-18(26)23-22-17(25)15-11-29-19(21-15)24-6-8-28-9-7-24/h4-5,10-11,13H,6-9H2,1-3H3,(H,22,25)(H2,20,23,26)/t13-/m0/s1. The van der Waals surface area contributed by atoms with Gasteiger partial charge in [-0.2, -0.15) is 0 Å². The molecule has 1 fully saturated rings. The molecule has 1 aliphatic heterocycles. The number of aryl methyl sites for hydroxylation is 1. The fourth-order valence-electron chi connectivity index (χ4n) is 2.95. The van der Waals surface area contributed by atoms with Crippen molar-refractivity contribution >= 4 is 28.4 Å². The first-order valence-corrected chi connectivity index (χ1v) is 10.2. The van der Waals surface area contributed by atoms with E-state index >= 15 is 0 Å². The Labute approximate surface area is 173 Å². The molecule has 9 nitrogen and oxygen atoms in total. The molecule has 2 aromatic rings. The number of thiazole rings is 1. The highest BCUT2D eigenvalue weighted by Crippen LogP contribution is 2.26. The number of morpholine rings is 1. The van der Waals surface area contributed by atoms with Gasteiger partial charge in [-0.05, 0) is 19.9 Å².